The van der Waals surface area contributed by atoms with Crippen LogP contribution < -0.4 is 20.7 Å². The van der Waals surface area contributed by atoms with Crippen molar-refractivity contribution in [2.75, 3.05) is 31.6 Å². The van der Waals surface area contributed by atoms with Crippen LogP contribution in [0.4, 0.5) is 5.82 Å². The maximum absolute atomic E-state index is 11.4. The van der Waals surface area contributed by atoms with Crippen molar-refractivity contribution in [3.05, 3.63) is 11.9 Å². The second-order valence-corrected chi connectivity index (χ2v) is 4.13. The molecular formula is C11H17N5O2. The highest BCUT2D eigenvalue weighted by molar-refractivity contribution is 5.84. The van der Waals surface area contributed by atoms with E-state index < -0.39 is 6.04 Å². The number of nitrogens with two attached hydrogens (primary N) is 1. The van der Waals surface area contributed by atoms with Crippen LogP contribution in [0.3, 0.4) is 0 Å². The number of nitrogens with zero attached hydrogens (tertiary/aromatic N) is 3. The van der Waals surface area contributed by atoms with Crippen LogP contribution in [0.2, 0.25) is 0 Å². The van der Waals surface area contributed by atoms with Crippen LogP contribution in [0.15, 0.2) is 6.07 Å². The summed E-state index contributed by atoms with van der Waals surface area (Å²) in [5, 5.41) is 3.14. The van der Waals surface area contributed by atoms with Crippen LogP contribution in [0.1, 0.15) is 5.82 Å². The lowest BCUT2D eigenvalue weighted by Gasteiger charge is -2.35. The van der Waals surface area contributed by atoms with Gasteiger partial charge in [-0.3, -0.25) is 4.79 Å². The number of carbonyl (C=O) groups is 1. The molecule has 1 aliphatic heterocycles. The first-order chi connectivity index (χ1) is 8.61. The van der Waals surface area contributed by atoms with Gasteiger partial charge >= 0.3 is 0 Å². The predicted molar refractivity (Wildman–Crippen MR) is 66.5 cm³/mol. The molecule has 1 aliphatic rings. The molecule has 0 bridgehead atoms. The molecule has 1 aromatic rings. The van der Waals surface area contributed by atoms with E-state index in [0.717, 1.165) is 6.54 Å². The number of aryl methyl sites for hydroxylation is 1. The number of carbonyl (C=O) groups excluding carboxylic acids is 1. The number of aromatic nitrogens is 2. The summed E-state index contributed by atoms with van der Waals surface area (Å²) in [6.07, 6.45) is 0. The molecule has 98 valence electrons. The van der Waals surface area contributed by atoms with Crippen LogP contribution in [0, 0.1) is 6.92 Å². The Morgan fingerprint density at radius 3 is 3.06 bits per heavy atom. The fourth-order valence-corrected chi connectivity index (χ4v) is 2.01. The maximum Gasteiger partial charge on any atom is 0.241 e. The number of primary amides is 1. The van der Waals surface area contributed by atoms with Gasteiger partial charge in [-0.2, -0.15) is 4.98 Å². The van der Waals surface area contributed by atoms with Crippen molar-refractivity contribution in [1.29, 1.82) is 0 Å². The van der Waals surface area contributed by atoms with Crippen LogP contribution in [-0.4, -0.2) is 48.7 Å². The van der Waals surface area contributed by atoms with Gasteiger partial charge in [-0.05, 0) is 6.92 Å². The molecular weight excluding hydrogens is 234 g/mol. The molecule has 0 spiro atoms. The van der Waals surface area contributed by atoms with Gasteiger partial charge in [0.05, 0.1) is 7.11 Å². The lowest BCUT2D eigenvalue weighted by atomic mass is 10.2. The van der Waals surface area contributed by atoms with Crippen molar-refractivity contribution in [2.45, 2.75) is 13.0 Å². The SMILES string of the molecule is COc1cc(N2CCNCC2C(N)=O)nc(C)n1. The molecule has 3 N–H and O–H groups in total. The highest BCUT2D eigenvalue weighted by Gasteiger charge is 2.28. The quantitative estimate of drug-likeness (QED) is 0.720. The molecule has 2 rings (SSSR count). The Morgan fingerprint density at radius 1 is 1.61 bits per heavy atom. The molecule has 0 saturated carbocycles. The van der Waals surface area contributed by atoms with Gasteiger partial charge in [0.1, 0.15) is 17.7 Å². The molecule has 0 aliphatic carbocycles. The van der Waals surface area contributed by atoms with Crippen LogP contribution in [0.25, 0.3) is 0 Å². The first-order valence-corrected chi connectivity index (χ1v) is 5.78. The Morgan fingerprint density at radius 2 is 2.39 bits per heavy atom. The first kappa shape index (κ1) is 12.6. The van der Waals surface area contributed by atoms with E-state index in [4.69, 9.17) is 10.5 Å². The van der Waals surface area contributed by atoms with Crippen molar-refractivity contribution < 1.29 is 9.53 Å². The van der Waals surface area contributed by atoms with Crippen molar-refractivity contribution in [2.24, 2.45) is 5.73 Å². The number of rotatable bonds is 3. The maximum atomic E-state index is 11.4. The minimum absolute atomic E-state index is 0.363. The van der Waals surface area contributed by atoms with E-state index >= 15 is 0 Å². The number of methoxy groups -OCH3 is 1. The topological polar surface area (TPSA) is 93.4 Å². The number of piperazine rings is 1. The van der Waals surface area contributed by atoms with Gasteiger partial charge in [-0.25, -0.2) is 4.98 Å². The first-order valence-electron chi connectivity index (χ1n) is 5.78. The molecule has 0 radical (unpaired) electrons. The summed E-state index contributed by atoms with van der Waals surface area (Å²) in [7, 11) is 1.55. The van der Waals surface area contributed by atoms with E-state index in [-0.39, 0.29) is 5.91 Å². The normalized spacial score (nSPS) is 19.7. The van der Waals surface area contributed by atoms with Crippen molar-refractivity contribution >= 4 is 11.7 Å². The summed E-state index contributed by atoms with van der Waals surface area (Å²) >= 11 is 0. The van der Waals surface area contributed by atoms with Gasteiger partial charge < -0.3 is 20.7 Å². The van der Waals surface area contributed by atoms with Crippen molar-refractivity contribution in [1.82, 2.24) is 15.3 Å². The summed E-state index contributed by atoms with van der Waals surface area (Å²) < 4.78 is 5.11. The van der Waals surface area contributed by atoms with Gasteiger partial charge in [0, 0.05) is 25.7 Å². The number of amides is 1. The molecule has 2 heterocycles. The predicted octanol–water partition coefficient (Wildman–Crippen LogP) is -0.943. The lowest BCUT2D eigenvalue weighted by Crippen LogP contribution is -2.57. The largest absolute Gasteiger partial charge is 0.481 e. The lowest BCUT2D eigenvalue weighted by molar-refractivity contribution is -0.119. The van der Waals surface area contributed by atoms with E-state index in [1.165, 1.54) is 0 Å². The Labute approximate surface area is 105 Å². The van der Waals surface area contributed by atoms with Crippen molar-refractivity contribution in [3.8, 4) is 5.88 Å². The highest BCUT2D eigenvalue weighted by Crippen LogP contribution is 2.20. The minimum Gasteiger partial charge on any atom is -0.481 e. The fraction of sp³-hybridized carbons (Fsp3) is 0.545. The third-order valence-electron chi connectivity index (χ3n) is 2.88. The van der Waals surface area contributed by atoms with Gasteiger partial charge in [-0.1, -0.05) is 0 Å². The summed E-state index contributed by atoms with van der Waals surface area (Å²) in [5.74, 6) is 1.40. The fourth-order valence-electron chi connectivity index (χ4n) is 2.01. The Kier molecular flexibility index (Phi) is 3.61. The third-order valence-corrected chi connectivity index (χ3v) is 2.88. The minimum atomic E-state index is -0.391. The monoisotopic (exact) mass is 251 g/mol. The highest BCUT2D eigenvalue weighted by atomic mass is 16.5. The zero-order valence-electron chi connectivity index (χ0n) is 10.5. The average molecular weight is 251 g/mol. The number of hydrogen-bond donors (Lipinski definition) is 2. The van der Waals surface area contributed by atoms with Gasteiger partial charge in [0.15, 0.2) is 0 Å². The standard InChI is InChI=1S/C11H17N5O2/c1-7-14-9(5-10(15-7)18-2)16-4-3-13-6-8(16)11(12)17/h5,8,13H,3-4,6H2,1-2H3,(H2,12,17). The van der Waals surface area contributed by atoms with Crippen molar-refractivity contribution in [3.63, 3.8) is 0 Å². The van der Waals surface area contributed by atoms with Crippen LogP contribution in [0.5, 0.6) is 5.88 Å². The third kappa shape index (κ3) is 2.51. The smallest absolute Gasteiger partial charge is 0.241 e. The molecule has 7 nitrogen and oxygen atoms in total. The molecule has 1 fully saturated rings. The summed E-state index contributed by atoms with van der Waals surface area (Å²) in [6, 6.07) is 1.33. The Bertz CT molecular complexity index is 451. The number of hydrogen-bond acceptors (Lipinski definition) is 6. The van der Waals surface area contributed by atoms with E-state index in [1.54, 1.807) is 20.1 Å². The van der Waals surface area contributed by atoms with Gasteiger partial charge in [0.25, 0.3) is 0 Å². The molecule has 1 unspecified atom stereocenters. The van der Waals surface area contributed by atoms with Crippen LogP contribution in [-0.2, 0) is 4.79 Å². The van der Waals surface area contributed by atoms with E-state index in [0.29, 0.717) is 30.6 Å². The summed E-state index contributed by atoms with van der Waals surface area (Å²) in [6.45, 7) is 3.77. The molecule has 1 aromatic heterocycles. The average Bonchev–Trinajstić information content (AvgIpc) is 2.38. The summed E-state index contributed by atoms with van der Waals surface area (Å²) in [4.78, 5) is 21.8. The Hall–Kier alpha value is -1.89. The van der Waals surface area contributed by atoms with Gasteiger partial charge in [-0.15, -0.1) is 0 Å². The number of anilines is 1. The molecule has 18 heavy (non-hydrogen) atoms. The Balaban J connectivity index is 2.33. The molecule has 7 heteroatoms. The molecule has 0 aromatic carbocycles. The second-order valence-electron chi connectivity index (χ2n) is 4.13. The van der Waals surface area contributed by atoms with Gasteiger partial charge in [0.2, 0.25) is 11.8 Å². The van der Waals surface area contributed by atoms with E-state index in [2.05, 4.69) is 15.3 Å². The van der Waals surface area contributed by atoms with Crippen LogP contribution >= 0.6 is 0 Å². The summed E-state index contributed by atoms with van der Waals surface area (Å²) in [5.41, 5.74) is 5.41. The second kappa shape index (κ2) is 5.18. The number of ether oxygens (including phenoxy) is 1. The molecule has 1 amide bonds. The molecule has 1 atom stereocenters. The van der Waals surface area contributed by atoms with E-state index in [9.17, 15) is 4.79 Å². The zero-order chi connectivity index (χ0) is 13.1. The van der Waals surface area contributed by atoms with E-state index in [1.807, 2.05) is 4.90 Å². The number of nitrogens with one attached hydrogen (secondary N) is 1. The zero-order valence-corrected chi connectivity index (χ0v) is 10.5. The molecule has 1 saturated heterocycles.